The quantitative estimate of drug-likeness (QED) is 0.637. The molecule has 0 spiro atoms. The normalized spacial score (nSPS) is 16.3. The number of carbonyl (C=O) groups is 2. The topological polar surface area (TPSA) is 89.9 Å². The van der Waals surface area contributed by atoms with Crippen LogP contribution in [0.2, 0.25) is 0 Å². The Morgan fingerprint density at radius 3 is 2.79 bits per heavy atom. The fraction of sp³-hybridized carbons (Fsp3) is 0.556. The second-order valence-corrected chi connectivity index (χ2v) is 6.11. The minimum absolute atomic E-state index is 0.0148. The smallest absolute Gasteiger partial charge is 0.317 e. The number of amides is 2. The number of hydrogen-bond acceptors (Lipinski definition) is 3. The summed E-state index contributed by atoms with van der Waals surface area (Å²) in [5, 5.41) is 20.6. The molecule has 1 atom stereocenters. The van der Waals surface area contributed by atoms with E-state index in [1.807, 2.05) is 12.1 Å². The number of carboxylic acids is 1. The molecule has 132 valence electrons. The molecule has 0 saturated carbocycles. The number of aliphatic hydroxyl groups is 1. The Bertz CT molecular complexity index is 562. The van der Waals surface area contributed by atoms with Crippen molar-refractivity contribution in [1.29, 1.82) is 0 Å². The van der Waals surface area contributed by atoms with E-state index in [0.29, 0.717) is 25.9 Å². The average molecular weight is 334 g/mol. The summed E-state index contributed by atoms with van der Waals surface area (Å²) in [5.74, 6) is -0.859. The summed E-state index contributed by atoms with van der Waals surface area (Å²) in [4.78, 5) is 24.9. The van der Waals surface area contributed by atoms with Crippen LogP contribution in [0.1, 0.15) is 49.3 Å². The van der Waals surface area contributed by atoms with Crippen molar-refractivity contribution in [3.8, 4) is 0 Å². The molecule has 6 nitrogen and oxygen atoms in total. The maximum atomic E-state index is 12.6. The van der Waals surface area contributed by atoms with Crippen LogP contribution < -0.4 is 5.32 Å². The molecule has 1 aliphatic carbocycles. The third-order valence-corrected chi connectivity index (χ3v) is 4.38. The number of hydrogen-bond donors (Lipinski definition) is 3. The van der Waals surface area contributed by atoms with Gasteiger partial charge in [0.2, 0.25) is 0 Å². The highest BCUT2D eigenvalue weighted by molar-refractivity contribution is 5.75. The molecule has 1 aromatic carbocycles. The van der Waals surface area contributed by atoms with Gasteiger partial charge in [-0.3, -0.25) is 4.79 Å². The number of aliphatic hydroxyl groups excluding tert-OH is 1. The Hall–Kier alpha value is -2.08. The Kier molecular flexibility index (Phi) is 7.06. The first-order valence-electron chi connectivity index (χ1n) is 8.58. The van der Waals surface area contributed by atoms with E-state index in [4.69, 9.17) is 10.2 Å². The van der Waals surface area contributed by atoms with Crippen LogP contribution >= 0.6 is 0 Å². The number of nitrogens with one attached hydrogen (secondary N) is 1. The molecule has 0 saturated heterocycles. The van der Waals surface area contributed by atoms with Gasteiger partial charge in [-0.05, 0) is 43.2 Å². The van der Waals surface area contributed by atoms with Gasteiger partial charge >= 0.3 is 12.0 Å². The molecule has 0 fully saturated rings. The van der Waals surface area contributed by atoms with E-state index in [1.54, 1.807) is 4.90 Å². The Labute approximate surface area is 142 Å². The van der Waals surface area contributed by atoms with Gasteiger partial charge in [-0.1, -0.05) is 24.3 Å². The summed E-state index contributed by atoms with van der Waals surface area (Å²) in [6.07, 6.45) is 3.95. The Morgan fingerprint density at radius 2 is 2.04 bits per heavy atom. The van der Waals surface area contributed by atoms with Crippen LogP contribution in [0, 0.1) is 0 Å². The second-order valence-electron chi connectivity index (χ2n) is 6.11. The number of rotatable bonds is 8. The molecule has 6 heteroatoms. The monoisotopic (exact) mass is 334 g/mol. The molecule has 3 N–H and O–H groups in total. The molecular formula is C18H26N2O4. The van der Waals surface area contributed by atoms with Crippen molar-refractivity contribution in [1.82, 2.24) is 10.2 Å². The molecule has 0 radical (unpaired) electrons. The van der Waals surface area contributed by atoms with E-state index in [1.165, 1.54) is 11.1 Å². The molecule has 2 rings (SSSR count). The van der Waals surface area contributed by atoms with Gasteiger partial charge in [-0.25, -0.2) is 4.79 Å². The predicted molar refractivity (Wildman–Crippen MR) is 90.8 cm³/mol. The third-order valence-electron chi connectivity index (χ3n) is 4.38. The molecule has 0 aromatic heterocycles. The highest BCUT2D eigenvalue weighted by atomic mass is 16.4. The minimum atomic E-state index is -0.859. The van der Waals surface area contributed by atoms with Crippen molar-refractivity contribution in [2.24, 2.45) is 0 Å². The number of fused-ring (bicyclic) bond motifs is 1. The van der Waals surface area contributed by atoms with Crippen molar-refractivity contribution in [3.05, 3.63) is 35.4 Å². The number of nitrogens with zero attached hydrogens (tertiary/aromatic N) is 1. The van der Waals surface area contributed by atoms with Gasteiger partial charge in [0.05, 0.1) is 6.04 Å². The van der Waals surface area contributed by atoms with Crippen molar-refractivity contribution in [2.45, 2.75) is 44.6 Å². The average Bonchev–Trinajstić information content (AvgIpc) is 2.59. The molecule has 0 heterocycles. The first-order valence-corrected chi connectivity index (χ1v) is 8.58. The van der Waals surface area contributed by atoms with Crippen molar-refractivity contribution in [3.63, 3.8) is 0 Å². The lowest BCUT2D eigenvalue weighted by molar-refractivity contribution is -0.137. The second kappa shape index (κ2) is 9.27. The summed E-state index contributed by atoms with van der Waals surface area (Å²) in [7, 11) is 0. The van der Waals surface area contributed by atoms with Crippen LogP contribution in [0.4, 0.5) is 4.79 Å². The van der Waals surface area contributed by atoms with Crippen molar-refractivity contribution < 1.29 is 19.8 Å². The van der Waals surface area contributed by atoms with Crippen LogP contribution in [0.3, 0.4) is 0 Å². The molecule has 1 unspecified atom stereocenters. The van der Waals surface area contributed by atoms with Crippen molar-refractivity contribution >= 4 is 12.0 Å². The van der Waals surface area contributed by atoms with Crippen LogP contribution in [0.25, 0.3) is 0 Å². The summed E-state index contributed by atoms with van der Waals surface area (Å²) < 4.78 is 0. The predicted octanol–water partition coefficient (Wildman–Crippen LogP) is 2.32. The zero-order valence-corrected chi connectivity index (χ0v) is 13.9. The zero-order chi connectivity index (χ0) is 17.4. The van der Waals surface area contributed by atoms with E-state index in [0.717, 1.165) is 19.3 Å². The molecule has 1 aromatic rings. The minimum Gasteiger partial charge on any atom is -0.481 e. The van der Waals surface area contributed by atoms with E-state index in [9.17, 15) is 9.59 Å². The summed E-state index contributed by atoms with van der Waals surface area (Å²) in [6.45, 7) is 0.868. The van der Waals surface area contributed by atoms with Gasteiger partial charge in [-0.15, -0.1) is 0 Å². The maximum absolute atomic E-state index is 12.6. The summed E-state index contributed by atoms with van der Waals surface area (Å²) >= 11 is 0. The van der Waals surface area contributed by atoms with E-state index in [2.05, 4.69) is 17.4 Å². The molecule has 1 aliphatic rings. The zero-order valence-electron chi connectivity index (χ0n) is 13.9. The molecule has 24 heavy (non-hydrogen) atoms. The highest BCUT2D eigenvalue weighted by Gasteiger charge is 2.28. The first-order chi connectivity index (χ1) is 11.6. The van der Waals surface area contributed by atoms with Crippen LogP contribution in [-0.4, -0.2) is 46.8 Å². The highest BCUT2D eigenvalue weighted by Crippen LogP contribution is 2.34. The Balaban J connectivity index is 2.05. The fourth-order valence-electron chi connectivity index (χ4n) is 3.23. The van der Waals surface area contributed by atoms with Gasteiger partial charge in [0.25, 0.3) is 0 Å². The number of carboxylic acid groups (broad SMARTS) is 1. The van der Waals surface area contributed by atoms with Crippen LogP contribution in [-0.2, 0) is 11.2 Å². The SMILES string of the molecule is O=C(O)CCCNC(=O)N(CCCO)C1CCCc2ccccc21. The summed E-state index contributed by atoms with van der Waals surface area (Å²) in [6, 6.07) is 8.02. The molecular weight excluding hydrogens is 308 g/mol. The van der Waals surface area contributed by atoms with Gasteiger partial charge in [0, 0.05) is 26.1 Å². The number of aliphatic carboxylic acids is 1. The third kappa shape index (κ3) is 4.96. The van der Waals surface area contributed by atoms with Crippen LogP contribution in [0.15, 0.2) is 24.3 Å². The van der Waals surface area contributed by atoms with E-state index >= 15 is 0 Å². The fourth-order valence-corrected chi connectivity index (χ4v) is 3.23. The lowest BCUT2D eigenvalue weighted by Gasteiger charge is -2.36. The largest absolute Gasteiger partial charge is 0.481 e. The lowest BCUT2D eigenvalue weighted by Crippen LogP contribution is -2.44. The molecule has 2 amide bonds. The molecule has 0 bridgehead atoms. The standard InChI is InChI=1S/C18H26N2O4/c21-13-5-12-20(18(24)19-11-4-10-17(22)23)16-9-3-7-14-6-1-2-8-15(14)16/h1-2,6,8,16,21H,3-5,7,9-13H2,(H,19,24)(H,22,23). The molecule has 0 aliphatic heterocycles. The van der Waals surface area contributed by atoms with Gasteiger partial charge in [0.15, 0.2) is 0 Å². The van der Waals surface area contributed by atoms with Crippen LogP contribution in [0.5, 0.6) is 0 Å². The number of carbonyl (C=O) groups excluding carboxylic acids is 1. The number of urea groups is 1. The van der Waals surface area contributed by atoms with Crippen molar-refractivity contribution in [2.75, 3.05) is 19.7 Å². The maximum Gasteiger partial charge on any atom is 0.317 e. The van der Waals surface area contributed by atoms with Gasteiger partial charge < -0.3 is 20.4 Å². The van der Waals surface area contributed by atoms with E-state index < -0.39 is 5.97 Å². The van der Waals surface area contributed by atoms with Gasteiger partial charge in [0.1, 0.15) is 0 Å². The summed E-state index contributed by atoms with van der Waals surface area (Å²) in [5.41, 5.74) is 2.46. The number of benzene rings is 1. The lowest BCUT2D eigenvalue weighted by atomic mass is 9.87. The Morgan fingerprint density at radius 1 is 1.25 bits per heavy atom. The number of aryl methyl sites for hydroxylation is 1. The first kappa shape index (κ1) is 18.3. The van der Waals surface area contributed by atoms with E-state index in [-0.39, 0.29) is 25.1 Å². The van der Waals surface area contributed by atoms with Gasteiger partial charge in [-0.2, -0.15) is 0 Å².